The molecule has 47 heavy (non-hydrogen) atoms. The van der Waals surface area contributed by atoms with Crippen molar-refractivity contribution in [3.8, 4) is 0 Å². The number of unbranched alkanes of at least 4 members (excludes halogenated alkanes) is 11. The standard InChI is InChI=1S/C41H88O3Si3/c1-18-20-21-22-23-24-25-26-27-28-29-30-32-36(42-45(12,13)39(3,4)5)33-34-38(44-47(16,17)41(9,10)11)35-37(31-19-2)43-46(14,15)40(6,7)8/h19,36-38H,2,18,20-35H2,1,3-17H3/t36-,37+,38-/m0/s1. The van der Waals surface area contributed by atoms with Crippen molar-refractivity contribution in [3.05, 3.63) is 12.7 Å². The van der Waals surface area contributed by atoms with Crippen molar-refractivity contribution < 1.29 is 13.3 Å². The Labute approximate surface area is 301 Å². The Morgan fingerprint density at radius 1 is 0.468 bits per heavy atom. The Morgan fingerprint density at radius 2 is 0.787 bits per heavy atom. The van der Waals surface area contributed by atoms with E-state index in [1.807, 2.05) is 0 Å². The van der Waals surface area contributed by atoms with Gasteiger partial charge in [0.25, 0.3) is 0 Å². The van der Waals surface area contributed by atoms with Gasteiger partial charge in [-0.3, -0.25) is 0 Å². The molecule has 0 N–H and O–H groups in total. The maximum absolute atomic E-state index is 7.24. The van der Waals surface area contributed by atoms with E-state index in [1.54, 1.807) is 0 Å². The first kappa shape index (κ1) is 47.3. The summed E-state index contributed by atoms with van der Waals surface area (Å²) in [7, 11) is -5.76. The fourth-order valence-corrected chi connectivity index (χ4v) is 9.73. The van der Waals surface area contributed by atoms with Gasteiger partial charge < -0.3 is 13.3 Å². The molecule has 0 amide bonds. The lowest BCUT2D eigenvalue weighted by molar-refractivity contribution is 0.0725. The van der Waals surface area contributed by atoms with E-state index in [1.165, 1.54) is 83.5 Å². The van der Waals surface area contributed by atoms with Crippen LogP contribution in [0.5, 0.6) is 0 Å². The molecule has 0 rings (SSSR count). The SMILES string of the molecule is C=CC[C@H](C[C@H](CC[C@H](CCCCCCCCCCCCCC)O[Si](C)(C)C(C)(C)C)O[Si](C)(C)C(C)(C)C)O[Si](C)(C)C(C)(C)C. The maximum Gasteiger partial charge on any atom is 0.192 e. The molecular weight excluding hydrogens is 625 g/mol. The highest BCUT2D eigenvalue weighted by molar-refractivity contribution is 6.75. The first-order valence-electron chi connectivity index (χ1n) is 20.0. The Morgan fingerprint density at radius 3 is 1.15 bits per heavy atom. The molecule has 0 saturated heterocycles. The molecule has 0 unspecified atom stereocenters. The Hall–Kier alpha value is 0.271. The van der Waals surface area contributed by atoms with E-state index in [-0.39, 0.29) is 27.3 Å². The molecule has 0 bridgehead atoms. The molecule has 0 aromatic rings. The third-order valence-electron chi connectivity index (χ3n) is 11.9. The van der Waals surface area contributed by atoms with E-state index in [0.29, 0.717) is 6.10 Å². The second-order valence-electron chi connectivity index (χ2n) is 19.5. The van der Waals surface area contributed by atoms with Gasteiger partial charge >= 0.3 is 0 Å². The van der Waals surface area contributed by atoms with Crippen molar-refractivity contribution >= 4 is 25.0 Å². The monoisotopic (exact) mass is 713 g/mol. The first-order chi connectivity index (χ1) is 21.4. The minimum atomic E-state index is -1.96. The summed E-state index contributed by atoms with van der Waals surface area (Å²) in [6.45, 7) is 42.1. The zero-order valence-corrected chi connectivity index (χ0v) is 38.3. The van der Waals surface area contributed by atoms with Crippen molar-refractivity contribution in [3.63, 3.8) is 0 Å². The summed E-state index contributed by atoms with van der Waals surface area (Å²) in [6.07, 6.45) is 24.5. The summed E-state index contributed by atoms with van der Waals surface area (Å²) in [5, 5.41) is 0.564. The van der Waals surface area contributed by atoms with Gasteiger partial charge in [0.2, 0.25) is 0 Å². The van der Waals surface area contributed by atoms with E-state index in [0.717, 1.165) is 25.7 Å². The minimum absolute atomic E-state index is 0.152. The van der Waals surface area contributed by atoms with Crippen LogP contribution in [-0.4, -0.2) is 43.3 Å². The van der Waals surface area contributed by atoms with Gasteiger partial charge in [0, 0.05) is 12.2 Å². The topological polar surface area (TPSA) is 27.7 Å². The van der Waals surface area contributed by atoms with Crippen LogP contribution in [0.4, 0.5) is 0 Å². The molecule has 0 heterocycles. The summed E-state index contributed by atoms with van der Waals surface area (Å²) < 4.78 is 21.5. The van der Waals surface area contributed by atoms with Crippen LogP contribution in [0.1, 0.15) is 178 Å². The zero-order chi connectivity index (χ0) is 36.6. The van der Waals surface area contributed by atoms with Crippen molar-refractivity contribution in [2.45, 2.75) is 251 Å². The van der Waals surface area contributed by atoms with Gasteiger partial charge in [-0.2, -0.15) is 0 Å². The Balaban J connectivity index is 5.61. The van der Waals surface area contributed by atoms with Crippen LogP contribution in [0.2, 0.25) is 54.4 Å². The van der Waals surface area contributed by atoms with Crippen LogP contribution >= 0.6 is 0 Å². The van der Waals surface area contributed by atoms with Crippen molar-refractivity contribution in [2.24, 2.45) is 0 Å². The van der Waals surface area contributed by atoms with Gasteiger partial charge in [0.05, 0.1) is 6.10 Å². The van der Waals surface area contributed by atoms with Crippen LogP contribution in [0, 0.1) is 0 Å². The molecule has 6 heteroatoms. The Bertz CT molecular complexity index is 817. The molecule has 3 nitrogen and oxygen atoms in total. The molecule has 0 aromatic heterocycles. The first-order valence-corrected chi connectivity index (χ1v) is 28.8. The smallest absolute Gasteiger partial charge is 0.192 e. The van der Waals surface area contributed by atoms with Gasteiger partial charge in [0.1, 0.15) is 0 Å². The highest BCUT2D eigenvalue weighted by Gasteiger charge is 2.43. The summed E-state index contributed by atoms with van der Waals surface area (Å²) in [4.78, 5) is 0. The van der Waals surface area contributed by atoms with E-state index in [2.05, 4.69) is 121 Å². The molecule has 0 aromatic carbocycles. The number of rotatable bonds is 26. The normalized spacial score (nSPS) is 15.9. The summed E-state index contributed by atoms with van der Waals surface area (Å²) in [5.41, 5.74) is 0. The van der Waals surface area contributed by atoms with Crippen LogP contribution in [0.15, 0.2) is 12.7 Å². The van der Waals surface area contributed by atoms with Gasteiger partial charge in [-0.1, -0.05) is 152 Å². The summed E-state index contributed by atoms with van der Waals surface area (Å²) in [6, 6.07) is 0. The summed E-state index contributed by atoms with van der Waals surface area (Å²) >= 11 is 0. The van der Waals surface area contributed by atoms with E-state index < -0.39 is 25.0 Å². The molecule has 0 aliphatic heterocycles. The molecule has 0 radical (unpaired) electrons. The van der Waals surface area contributed by atoms with Crippen molar-refractivity contribution in [1.29, 1.82) is 0 Å². The van der Waals surface area contributed by atoms with Gasteiger partial charge in [-0.15, -0.1) is 6.58 Å². The van der Waals surface area contributed by atoms with E-state index in [4.69, 9.17) is 13.3 Å². The van der Waals surface area contributed by atoms with Gasteiger partial charge in [-0.25, -0.2) is 0 Å². The Kier molecular flexibility index (Phi) is 21.7. The highest BCUT2D eigenvalue weighted by Crippen LogP contribution is 2.42. The minimum Gasteiger partial charge on any atom is -0.414 e. The number of hydrogen-bond donors (Lipinski definition) is 0. The highest BCUT2D eigenvalue weighted by atomic mass is 28.4. The van der Waals surface area contributed by atoms with Crippen LogP contribution in [0.3, 0.4) is 0 Å². The maximum atomic E-state index is 7.24. The average molecular weight is 713 g/mol. The van der Waals surface area contributed by atoms with Crippen LogP contribution < -0.4 is 0 Å². The second-order valence-corrected chi connectivity index (χ2v) is 33.8. The lowest BCUT2D eigenvalue weighted by Crippen LogP contribution is -2.47. The van der Waals surface area contributed by atoms with Gasteiger partial charge in [0.15, 0.2) is 25.0 Å². The van der Waals surface area contributed by atoms with Crippen LogP contribution in [-0.2, 0) is 13.3 Å². The van der Waals surface area contributed by atoms with E-state index >= 15 is 0 Å². The van der Waals surface area contributed by atoms with Crippen molar-refractivity contribution in [1.82, 2.24) is 0 Å². The average Bonchev–Trinajstić information content (AvgIpc) is 2.89. The van der Waals surface area contributed by atoms with Gasteiger partial charge in [-0.05, 0) is 86.5 Å². The van der Waals surface area contributed by atoms with Crippen LogP contribution in [0.25, 0.3) is 0 Å². The largest absolute Gasteiger partial charge is 0.414 e. The molecule has 0 spiro atoms. The molecular formula is C41H88O3Si3. The predicted molar refractivity (Wildman–Crippen MR) is 221 cm³/mol. The molecule has 0 saturated carbocycles. The quantitative estimate of drug-likeness (QED) is 0.0508. The fourth-order valence-electron chi connectivity index (χ4n) is 5.52. The molecule has 3 atom stereocenters. The molecule has 0 fully saturated rings. The zero-order valence-electron chi connectivity index (χ0n) is 35.3. The molecule has 282 valence electrons. The third-order valence-corrected chi connectivity index (χ3v) is 25.6. The lowest BCUT2D eigenvalue weighted by Gasteiger charge is -2.43. The predicted octanol–water partition coefficient (Wildman–Crippen LogP) is 15.0. The summed E-state index contributed by atoms with van der Waals surface area (Å²) in [5.74, 6) is 0. The van der Waals surface area contributed by atoms with Crippen molar-refractivity contribution in [2.75, 3.05) is 0 Å². The second kappa shape index (κ2) is 21.6. The lowest BCUT2D eigenvalue weighted by atomic mass is 9.99. The number of hydrogen-bond acceptors (Lipinski definition) is 3. The molecule has 0 aliphatic rings. The van der Waals surface area contributed by atoms with E-state index in [9.17, 15) is 0 Å². The fraction of sp³-hybridized carbons (Fsp3) is 0.951. The third kappa shape index (κ3) is 19.5. The molecule has 0 aliphatic carbocycles.